The summed E-state index contributed by atoms with van der Waals surface area (Å²) in [5.41, 5.74) is 10.6. The van der Waals surface area contributed by atoms with Gasteiger partial charge in [-0.25, -0.2) is 0 Å². The Hall–Kier alpha value is -4.28. The first-order chi connectivity index (χ1) is 25.8. The summed E-state index contributed by atoms with van der Waals surface area (Å²) in [6.07, 6.45) is 14.3. The molecule has 0 saturated carbocycles. The molecule has 55 heavy (non-hydrogen) atoms. The van der Waals surface area contributed by atoms with Crippen LogP contribution in [-0.2, 0) is 25.5 Å². The minimum absolute atomic E-state index is 0. The zero-order valence-corrected chi connectivity index (χ0v) is 35.3. The van der Waals surface area contributed by atoms with Crippen molar-refractivity contribution in [1.82, 2.24) is 15.0 Å². The monoisotopic (exact) mass is 752 g/mol. The predicted octanol–water partition coefficient (Wildman–Crippen LogP) is 6.75. The number of carbonyl (C=O) groups is 3. The standard InChI is InChI=1S/C45H53N4O5.Mg/c1-11-29-25(6)32-20-34-27(8)31(16-17-38(50)54-19-18-24(5)15-13-14-23(3)4)42(48-34)40-41(45(52)53-10)44(51)39-28(9)35(49-43(39)40)22-37-30(12-2)26(7)33(47-37)21-36(29)46-32;/h11,18,20-23,27,31,41H,1,12-17,19H2,2-10H3,(H-,48,49,51);/q-3;+2/p-1/b24-18+,33-21-,34-20-,37-22+;/t27-,31-,41+;/m0./s1. The number of Topliss-reactive ketones (excluding diaryl/α,β-unsaturated/α-hetero) is 1. The summed E-state index contributed by atoms with van der Waals surface area (Å²) >= 11 is 0. The van der Waals surface area contributed by atoms with Gasteiger partial charge < -0.3 is 29.7 Å². The Morgan fingerprint density at radius 1 is 0.964 bits per heavy atom. The topological polar surface area (TPSA) is 126 Å². The van der Waals surface area contributed by atoms with E-state index >= 15 is 0 Å². The molecule has 0 spiro atoms. The Labute approximate surface area is 341 Å². The van der Waals surface area contributed by atoms with Crippen LogP contribution in [0.25, 0.3) is 35.2 Å². The van der Waals surface area contributed by atoms with E-state index in [0.29, 0.717) is 46.1 Å². The molecule has 3 aromatic rings. The van der Waals surface area contributed by atoms with Gasteiger partial charge in [-0.15, -0.1) is 33.5 Å². The van der Waals surface area contributed by atoms with Crippen molar-refractivity contribution >= 4 is 70.7 Å². The van der Waals surface area contributed by atoms with Crippen LogP contribution in [0.4, 0.5) is 0 Å². The van der Waals surface area contributed by atoms with Crippen LogP contribution in [0.2, 0.25) is 0 Å². The molecule has 1 saturated heterocycles. The number of methoxy groups -OCH3 is 1. The Bertz CT molecular complexity index is 2240. The summed E-state index contributed by atoms with van der Waals surface area (Å²) in [4.78, 5) is 56.1. The van der Waals surface area contributed by atoms with E-state index in [0.717, 1.165) is 75.7 Å². The molecule has 286 valence electrons. The van der Waals surface area contributed by atoms with Crippen molar-refractivity contribution in [3.8, 4) is 0 Å². The van der Waals surface area contributed by atoms with E-state index in [1.807, 2.05) is 44.2 Å². The van der Waals surface area contributed by atoms with E-state index in [1.54, 1.807) is 0 Å². The average molecular weight is 753 g/mol. The molecule has 0 amide bonds. The van der Waals surface area contributed by atoms with Crippen molar-refractivity contribution in [2.45, 2.75) is 93.9 Å². The third kappa shape index (κ3) is 8.03. The second-order valence-electron chi connectivity index (χ2n) is 15.4. The van der Waals surface area contributed by atoms with Crippen LogP contribution in [-0.4, -0.2) is 54.5 Å². The number of hydrogen-bond acceptors (Lipinski definition) is 5. The smallest absolute Gasteiger partial charge is 0.664 e. The van der Waals surface area contributed by atoms with Crippen LogP contribution < -0.4 is 25.7 Å². The number of allylic oxidation sites excluding steroid dienone is 3. The molecule has 6 rings (SSSR count). The van der Waals surface area contributed by atoms with Gasteiger partial charge >= 0.3 is 35.0 Å². The molecular weight excluding hydrogens is 701 g/mol. The number of rotatable bonds is 12. The number of ketones is 1. The van der Waals surface area contributed by atoms with Crippen molar-refractivity contribution in [3.63, 3.8) is 0 Å². The summed E-state index contributed by atoms with van der Waals surface area (Å²) in [6, 6.07) is 0. The molecule has 2 aliphatic heterocycles. The normalized spacial score (nSPS) is 22.2. The van der Waals surface area contributed by atoms with Crippen LogP contribution in [0.15, 0.2) is 29.6 Å². The second-order valence-corrected chi connectivity index (χ2v) is 15.4. The third-order valence-corrected chi connectivity index (χ3v) is 11.4. The van der Waals surface area contributed by atoms with Gasteiger partial charge in [0.2, 0.25) is 0 Å². The van der Waals surface area contributed by atoms with Crippen LogP contribution in [0.3, 0.4) is 0 Å². The van der Waals surface area contributed by atoms with Gasteiger partial charge in [-0.3, -0.25) is 14.4 Å². The number of fused-ring (bicyclic) bond motifs is 7. The van der Waals surface area contributed by atoms with Gasteiger partial charge in [-0.2, -0.15) is 11.4 Å². The van der Waals surface area contributed by atoms with Crippen molar-refractivity contribution in [3.05, 3.63) is 102 Å². The van der Waals surface area contributed by atoms with E-state index in [1.165, 1.54) is 12.7 Å². The molecule has 3 aromatic heterocycles. The van der Waals surface area contributed by atoms with E-state index in [-0.39, 0.29) is 59.7 Å². The van der Waals surface area contributed by atoms with Crippen LogP contribution in [0.5, 0.6) is 0 Å². The van der Waals surface area contributed by atoms with E-state index in [4.69, 9.17) is 29.7 Å². The van der Waals surface area contributed by atoms with E-state index < -0.39 is 11.9 Å². The SMILES string of the molecule is C=Cc1c2[n-]c(c1C)/C=C1\[N-]/C(=C3\c4[n-]c(c(C)c4C(=O)[C@@H]3C(=O)OC)/C=c3/[n-]/c(c(C)c3CC)=C\2)[C@@H](CCC(=O)OC/C=C(\C)CCCC(C)C)[C@@H]1C.[Mg+2]. The number of nitrogens with zero attached hydrogens (tertiary/aromatic N) is 4. The first-order valence-electron chi connectivity index (χ1n) is 19.2. The van der Waals surface area contributed by atoms with Gasteiger partial charge in [0.25, 0.3) is 0 Å². The third-order valence-electron chi connectivity index (χ3n) is 11.4. The minimum atomic E-state index is -1.22. The molecule has 0 N–H and O–H groups in total. The van der Waals surface area contributed by atoms with Crippen molar-refractivity contribution in [1.29, 1.82) is 0 Å². The fraction of sp³-hybridized carbons (Fsp3) is 0.444. The first-order valence-corrected chi connectivity index (χ1v) is 19.2. The molecule has 0 aromatic carbocycles. The molecule has 0 radical (unpaired) electrons. The van der Waals surface area contributed by atoms with Crippen molar-refractivity contribution < 1.29 is 23.9 Å². The fourth-order valence-electron chi connectivity index (χ4n) is 8.16. The van der Waals surface area contributed by atoms with Gasteiger partial charge in [-0.05, 0) is 82.8 Å². The van der Waals surface area contributed by atoms with Crippen molar-refractivity contribution in [2.24, 2.45) is 23.7 Å². The molecule has 3 atom stereocenters. The summed E-state index contributed by atoms with van der Waals surface area (Å²) in [7, 11) is 1.29. The summed E-state index contributed by atoms with van der Waals surface area (Å²) in [5, 5.41) is 6.79. The second kappa shape index (κ2) is 17.2. The maximum atomic E-state index is 14.3. The Morgan fingerprint density at radius 2 is 1.67 bits per heavy atom. The Kier molecular flexibility index (Phi) is 13.1. The molecule has 1 fully saturated rings. The summed E-state index contributed by atoms with van der Waals surface area (Å²) in [6.45, 7) is 20.9. The zero-order valence-electron chi connectivity index (χ0n) is 33.9. The van der Waals surface area contributed by atoms with E-state index in [9.17, 15) is 14.4 Å². The molecule has 9 nitrogen and oxygen atoms in total. The number of carbonyl (C=O) groups excluding carboxylic acids is 3. The van der Waals surface area contributed by atoms with Gasteiger partial charge in [0, 0.05) is 12.0 Å². The van der Waals surface area contributed by atoms with Crippen LogP contribution in [0, 0.1) is 44.4 Å². The zero-order chi connectivity index (χ0) is 39.0. The van der Waals surface area contributed by atoms with Gasteiger partial charge in [0.15, 0.2) is 5.78 Å². The minimum Gasteiger partial charge on any atom is -0.664 e. The largest absolute Gasteiger partial charge is 2.00 e. The maximum Gasteiger partial charge on any atom is 2.00 e. The number of esters is 2. The predicted molar refractivity (Wildman–Crippen MR) is 218 cm³/mol. The average Bonchev–Trinajstić information content (AvgIpc) is 3.87. The van der Waals surface area contributed by atoms with Gasteiger partial charge in [0.1, 0.15) is 12.5 Å². The fourth-order valence-corrected chi connectivity index (χ4v) is 8.16. The number of hydrogen-bond donors (Lipinski definition) is 0. The molecule has 10 heteroatoms. The summed E-state index contributed by atoms with van der Waals surface area (Å²) in [5.74, 6) is -2.38. The number of ether oxygens (including phenoxy) is 2. The maximum absolute atomic E-state index is 14.3. The summed E-state index contributed by atoms with van der Waals surface area (Å²) < 4.78 is 10.9. The molecule has 1 aliphatic carbocycles. The van der Waals surface area contributed by atoms with Crippen LogP contribution >= 0.6 is 0 Å². The molecular formula is C45H52MgN4O5-2. The number of aromatic nitrogens is 3. The Balaban J connectivity index is 0.00000580. The molecule has 3 aliphatic rings. The first kappa shape index (κ1) is 41.9. The molecule has 8 bridgehead atoms. The van der Waals surface area contributed by atoms with Crippen molar-refractivity contribution in [2.75, 3.05) is 13.7 Å². The Morgan fingerprint density at radius 3 is 2.35 bits per heavy atom. The quantitative estimate of drug-likeness (QED) is 0.0861. The molecule has 5 heterocycles. The van der Waals surface area contributed by atoms with Gasteiger partial charge in [0.05, 0.1) is 7.11 Å². The molecule has 0 unspecified atom stereocenters. The van der Waals surface area contributed by atoms with Crippen LogP contribution in [0.1, 0.15) is 128 Å². The van der Waals surface area contributed by atoms with Gasteiger partial charge in [-0.1, -0.05) is 98.4 Å². The van der Waals surface area contributed by atoms with E-state index in [2.05, 4.69) is 48.1 Å².